The molecule has 0 bridgehead atoms. The number of carbonyl (C=O) groups is 1. The van der Waals surface area contributed by atoms with Crippen molar-refractivity contribution in [2.24, 2.45) is 5.41 Å². The Morgan fingerprint density at radius 2 is 1.90 bits per heavy atom. The van der Waals surface area contributed by atoms with Crippen molar-refractivity contribution in [2.45, 2.75) is 46.0 Å². The van der Waals surface area contributed by atoms with Crippen LogP contribution in [0.3, 0.4) is 0 Å². The van der Waals surface area contributed by atoms with Gasteiger partial charge in [0, 0.05) is 11.0 Å². The Bertz CT molecular complexity index is 487. The molecule has 2 rings (SSSR count). The Morgan fingerprint density at radius 1 is 1.24 bits per heavy atom. The maximum atomic E-state index is 10.8. The van der Waals surface area contributed by atoms with Crippen LogP contribution in [0.4, 0.5) is 0 Å². The summed E-state index contributed by atoms with van der Waals surface area (Å²) >= 11 is 0. The first-order chi connectivity index (χ1) is 9.82. The van der Waals surface area contributed by atoms with Crippen molar-refractivity contribution >= 4 is 6.29 Å². The van der Waals surface area contributed by atoms with Crippen molar-refractivity contribution in [3.63, 3.8) is 0 Å². The minimum absolute atomic E-state index is 0.151. The topological polar surface area (TPSA) is 44.8 Å². The monoisotopic (exact) mass is 292 g/mol. The molecule has 1 aromatic rings. The summed E-state index contributed by atoms with van der Waals surface area (Å²) in [4.78, 5) is 10.8. The van der Waals surface area contributed by atoms with Gasteiger partial charge in [-0.25, -0.2) is 0 Å². The molecule has 4 nitrogen and oxygen atoms in total. The lowest BCUT2D eigenvalue weighted by atomic mass is 9.81. The normalized spacial score (nSPS) is 17.0. The van der Waals surface area contributed by atoms with Crippen LogP contribution in [0.15, 0.2) is 24.3 Å². The molecule has 0 amide bonds. The fourth-order valence-electron chi connectivity index (χ4n) is 3.00. The second-order valence-electron chi connectivity index (χ2n) is 6.79. The fourth-order valence-corrected chi connectivity index (χ4v) is 3.00. The van der Waals surface area contributed by atoms with Crippen molar-refractivity contribution < 1.29 is 19.0 Å². The maximum Gasteiger partial charge on any atom is 0.162 e. The summed E-state index contributed by atoms with van der Waals surface area (Å²) in [6, 6.07) is 7.20. The van der Waals surface area contributed by atoms with Crippen LogP contribution in [0.25, 0.3) is 0 Å². The Balaban J connectivity index is 2.04. The second kappa shape index (κ2) is 6.16. The molecule has 4 heteroatoms. The third-order valence-electron chi connectivity index (χ3n) is 3.53. The molecule has 1 heterocycles. The van der Waals surface area contributed by atoms with Crippen LogP contribution in [-0.2, 0) is 9.47 Å². The second-order valence-corrected chi connectivity index (χ2v) is 6.79. The van der Waals surface area contributed by atoms with Gasteiger partial charge in [0.05, 0.1) is 13.2 Å². The van der Waals surface area contributed by atoms with Crippen molar-refractivity contribution in [3.05, 3.63) is 29.8 Å². The highest BCUT2D eigenvalue weighted by molar-refractivity contribution is 5.75. The van der Waals surface area contributed by atoms with Crippen LogP contribution >= 0.6 is 0 Å². The quantitative estimate of drug-likeness (QED) is 0.753. The van der Waals surface area contributed by atoms with Gasteiger partial charge in [-0.1, -0.05) is 26.0 Å². The molecule has 0 radical (unpaired) electrons. The number of benzene rings is 1. The van der Waals surface area contributed by atoms with Crippen LogP contribution in [-0.4, -0.2) is 31.4 Å². The Kier molecular flexibility index (Phi) is 4.69. The number of carbonyl (C=O) groups excluding carboxylic acids is 1. The number of rotatable bonds is 6. The molecule has 0 saturated carbocycles. The molecule has 0 N–H and O–H groups in total. The van der Waals surface area contributed by atoms with E-state index in [0.29, 0.717) is 24.5 Å². The van der Waals surface area contributed by atoms with Crippen molar-refractivity contribution in [1.82, 2.24) is 0 Å². The first kappa shape index (κ1) is 16.0. The molecule has 0 aliphatic carbocycles. The van der Waals surface area contributed by atoms with Gasteiger partial charge < -0.3 is 14.2 Å². The highest BCUT2D eigenvalue weighted by atomic mass is 16.7. The van der Waals surface area contributed by atoms with Gasteiger partial charge in [-0.3, -0.25) is 4.79 Å². The average Bonchev–Trinajstić information content (AvgIpc) is 2.91. The van der Waals surface area contributed by atoms with E-state index in [1.807, 2.05) is 26.0 Å². The molecule has 1 saturated heterocycles. The van der Waals surface area contributed by atoms with Crippen LogP contribution < -0.4 is 4.74 Å². The smallest absolute Gasteiger partial charge is 0.162 e. The van der Waals surface area contributed by atoms with E-state index in [-0.39, 0.29) is 17.3 Å². The molecule has 1 aromatic carbocycles. The van der Waals surface area contributed by atoms with Crippen molar-refractivity contribution in [1.29, 1.82) is 0 Å². The van der Waals surface area contributed by atoms with Gasteiger partial charge in [0.15, 0.2) is 6.29 Å². The number of hydrogen-bond donors (Lipinski definition) is 0. The maximum absolute atomic E-state index is 10.8. The van der Waals surface area contributed by atoms with E-state index in [2.05, 4.69) is 13.8 Å². The lowest BCUT2D eigenvalue weighted by Gasteiger charge is -2.37. The zero-order chi connectivity index (χ0) is 15.5. The molecule has 21 heavy (non-hydrogen) atoms. The van der Waals surface area contributed by atoms with Gasteiger partial charge in [-0.2, -0.15) is 0 Å². The predicted molar refractivity (Wildman–Crippen MR) is 80.6 cm³/mol. The van der Waals surface area contributed by atoms with Gasteiger partial charge in [-0.05, 0) is 32.4 Å². The summed E-state index contributed by atoms with van der Waals surface area (Å²) in [5.41, 5.74) is 0.0767. The highest BCUT2D eigenvalue weighted by Gasteiger charge is 2.39. The summed E-state index contributed by atoms with van der Waals surface area (Å²) in [7, 11) is 0. The third-order valence-corrected chi connectivity index (χ3v) is 3.53. The number of aldehydes is 1. The van der Waals surface area contributed by atoms with Crippen molar-refractivity contribution in [3.8, 4) is 5.75 Å². The van der Waals surface area contributed by atoms with Crippen molar-refractivity contribution in [2.75, 3.05) is 13.2 Å². The zero-order valence-corrected chi connectivity index (χ0v) is 13.2. The Hall–Kier alpha value is -1.39. The molecular weight excluding hydrogens is 268 g/mol. The Labute approximate surface area is 126 Å². The molecule has 0 atom stereocenters. The van der Waals surface area contributed by atoms with E-state index in [0.717, 1.165) is 12.7 Å². The summed E-state index contributed by atoms with van der Waals surface area (Å²) < 4.78 is 17.3. The largest absolute Gasteiger partial charge is 0.488 e. The van der Waals surface area contributed by atoms with E-state index >= 15 is 0 Å². The molecular formula is C17H24O4. The van der Waals surface area contributed by atoms with E-state index in [9.17, 15) is 4.79 Å². The SMILES string of the molecule is CC(C)(CC(C)(C)C1OCCO1)Oc1cccc(C=O)c1. The van der Waals surface area contributed by atoms with E-state index in [1.54, 1.807) is 12.1 Å². The third kappa shape index (κ3) is 4.29. The first-order valence-corrected chi connectivity index (χ1v) is 7.30. The molecule has 1 aliphatic rings. The highest BCUT2D eigenvalue weighted by Crippen LogP contribution is 2.37. The van der Waals surface area contributed by atoms with Crippen LogP contribution in [0.1, 0.15) is 44.5 Å². The number of hydrogen-bond acceptors (Lipinski definition) is 4. The molecule has 0 spiro atoms. The van der Waals surface area contributed by atoms with E-state index in [4.69, 9.17) is 14.2 Å². The van der Waals surface area contributed by atoms with Crippen LogP contribution in [0, 0.1) is 5.41 Å². The lowest BCUT2D eigenvalue weighted by molar-refractivity contribution is -0.137. The zero-order valence-electron chi connectivity index (χ0n) is 13.2. The molecule has 0 aromatic heterocycles. The molecule has 1 fully saturated rings. The first-order valence-electron chi connectivity index (χ1n) is 7.30. The summed E-state index contributed by atoms with van der Waals surface area (Å²) in [6.07, 6.45) is 1.40. The minimum atomic E-state index is -0.389. The summed E-state index contributed by atoms with van der Waals surface area (Å²) in [5, 5.41) is 0. The fraction of sp³-hybridized carbons (Fsp3) is 0.588. The van der Waals surface area contributed by atoms with Gasteiger partial charge in [0.1, 0.15) is 17.6 Å². The van der Waals surface area contributed by atoms with E-state index in [1.165, 1.54) is 0 Å². The van der Waals surface area contributed by atoms with Crippen LogP contribution in [0.2, 0.25) is 0 Å². The van der Waals surface area contributed by atoms with Crippen LogP contribution in [0.5, 0.6) is 5.75 Å². The average molecular weight is 292 g/mol. The van der Waals surface area contributed by atoms with Gasteiger partial charge >= 0.3 is 0 Å². The van der Waals surface area contributed by atoms with Gasteiger partial charge in [0.2, 0.25) is 0 Å². The molecule has 0 unspecified atom stereocenters. The van der Waals surface area contributed by atoms with Gasteiger partial charge in [0.25, 0.3) is 0 Å². The van der Waals surface area contributed by atoms with E-state index < -0.39 is 0 Å². The standard InChI is InChI=1S/C17H24O4/c1-16(2,15-19-8-9-20-15)12-17(3,4)21-14-7-5-6-13(10-14)11-18/h5-7,10-11,15H,8-9,12H2,1-4H3. The molecule has 1 aliphatic heterocycles. The number of ether oxygens (including phenoxy) is 3. The van der Waals surface area contributed by atoms with Gasteiger partial charge in [-0.15, -0.1) is 0 Å². The predicted octanol–water partition coefficient (Wildman–Crippen LogP) is 3.45. The Morgan fingerprint density at radius 3 is 2.52 bits per heavy atom. The molecule has 116 valence electrons. The lowest BCUT2D eigenvalue weighted by Crippen LogP contribution is -2.40. The summed E-state index contributed by atoms with van der Waals surface area (Å²) in [5.74, 6) is 0.702. The summed E-state index contributed by atoms with van der Waals surface area (Å²) in [6.45, 7) is 9.62. The minimum Gasteiger partial charge on any atom is -0.488 e.